The van der Waals surface area contributed by atoms with Crippen molar-refractivity contribution >= 4 is 42.1 Å². The Labute approximate surface area is 150 Å². The highest BCUT2D eigenvalue weighted by atomic mass is 35.5. The van der Waals surface area contributed by atoms with Gasteiger partial charge in [-0.1, -0.05) is 6.92 Å². The van der Waals surface area contributed by atoms with Crippen molar-refractivity contribution < 1.29 is 4.79 Å². The zero-order chi connectivity index (χ0) is 14.8. The molecule has 1 atom stereocenters. The lowest BCUT2D eigenvalue weighted by Crippen LogP contribution is -2.33. The molecule has 3 heterocycles. The molecule has 0 aromatic carbocycles. The summed E-state index contributed by atoms with van der Waals surface area (Å²) in [6.45, 7) is 3.25. The van der Waals surface area contributed by atoms with Gasteiger partial charge in [0.2, 0.25) is 0 Å². The fourth-order valence-electron chi connectivity index (χ4n) is 2.43. The van der Waals surface area contributed by atoms with Gasteiger partial charge in [-0.15, -0.1) is 36.2 Å². The molecule has 0 spiro atoms. The summed E-state index contributed by atoms with van der Waals surface area (Å²) in [7, 11) is 0. The lowest BCUT2D eigenvalue weighted by molar-refractivity contribution is 0.0922. The quantitative estimate of drug-likeness (QED) is 0.845. The summed E-state index contributed by atoms with van der Waals surface area (Å²) < 4.78 is 1.90. The molecule has 3 N–H and O–H groups in total. The number of halogens is 2. The third-order valence-corrected chi connectivity index (χ3v) is 4.37. The zero-order valence-corrected chi connectivity index (χ0v) is 15.1. The molecule has 1 amide bonds. The average Bonchev–Trinajstić information content (AvgIpc) is 3.14. The number of hydrogen-bond donors (Lipinski definition) is 2. The van der Waals surface area contributed by atoms with Crippen molar-refractivity contribution in [2.24, 2.45) is 5.73 Å². The topological polar surface area (TPSA) is 98.7 Å². The van der Waals surface area contributed by atoms with Crippen molar-refractivity contribution in [2.75, 3.05) is 0 Å². The highest BCUT2D eigenvalue weighted by molar-refractivity contribution is 7.09. The summed E-state index contributed by atoms with van der Waals surface area (Å²) in [6.07, 6.45) is 2.66. The molecule has 3 rings (SSSR count). The maximum absolute atomic E-state index is 12.3. The number of amides is 1. The van der Waals surface area contributed by atoms with E-state index < -0.39 is 0 Å². The van der Waals surface area contributed by atoms with Crippen molar-refractivity contribution in [3.05, 3.63) is 27.7 Å². The van der Waals surface area contributed by atoms with Crippen LogP contribution in [0.2, 0.25) is 0 Å². The monoisotopic (exact) mass is 378 g/mol. The van der Waals surface area contributed by atoms with Gasteiger partial charge in [0.25, 0.3) is 5.91 Å². The van der Waals surface area contributed by atoms with Gasteiger partial charge < -0.3 is 11.1 Å². The molecule has 0 radical (unpaired) electrons. The second-order valence-electron chi connectivity index (χ2n) is 4.96. The van der Waals surface area contributed by atoms with Crippen LogP contribution in [0.3, 0.4) is 0 Å². The number of nitrogens with two attached hydrogens (primary N) is 1. The summed E-state index contributed by atoms with van der Waals surface area (Å²) >= 11 is 1.40. The number of aryl methyl sites for hydroxylation is 2. The van der Waals surface area contributed by atoms with Crippen LogP contribution in [-0.2, 0) is 19.5 Å². The molecular weight excluding hydrogens is 359 g/mol. The fourth-order valence-corrected chi connectivity index (χ4v) is 3.08. The maximum Gasteiger partial charge on any atom is 0.271 e. The first-order chi connectivity index (χ1) is 10.2. The largest absolute Gasteiger partial charge is 0.341 e. The van der Waals surface area contributed by atoms with E-state index in [0.29, 0.717) is 12.2 Å². The molecule has 128 valence electrons. The van der Waals surface area contributed by atoms with Crippen molar-refractivity contribution in [1.29, 1.82) is 0 Å². The molecule has 0 saturated carbocycles. The minimum atomic E-state index is -0.176. The molecule has 1 aliphatic heterocycles. The van der Waals surface area contributed by atoms with Gasteiger partial charge in [0.15, 0.2) is 5.82 Å². The average molecular weight is 379 g/mol. The van der Waals surface area contributed by atoms with E-state index in [-0.39, 0.29) is 36.8 Å². The third-order valence-electron chi connectivity index (χ3n) is 3.50. The number of rotatable bonds is 4. The molecule has 1 aliphatic rings. The summed E-state index contributed by atoms with van der Waals surface area (Å²) in [5, 5.41) is 9.95. The third kappa shape index (κ3) is 4.20. The van der Waals surface area contributed by atoms with Crippen molar-refractivity contribution in [3.8, 4) is 0 Å². The van der Waals surface area contributed by atoms with Crippen LogP contribution in [0.5, 0.6) is 0 Å². The molecule has 2 aromatic rings. The lowest BCUT2D eigenvalue weighted by atomic mass is 10.1. The van der Waals surface area contributed by atoms with E-state index in [2.05, 4.69) is 20.4 Å². The maximum atomic E-state index is 12.3. The normalized spacial score (nSPS) is 16.0. The number of thiazole rings is 1. The van der Waals surface area contributed by atoms with Crippen molar-refractivity contribution in [2.45, 2.75) is 45.3 Å². The van der Waals surface area contributed by atoms with E-state index in [4.69, 9.17) is 5.73 Å². The first-order valence-electron chi connectivity index (χ1n) is 7.10. The number of hydrogen-bond acceptors (Lipinski definition) is 6. The van der Waals surface area contributed by atoms with Crippen LogP contribution in [0, 0.1) is 0 Å². The van der Waals surface area contributed by atoms with Crippen molar-refractivity contribution in [3.63, 3.8) is 0 Å². The van der Waals surface area contributed by atoms with E-state index in [9.17, 15) is 4.79 Å². The van der Waals surface area contributed by atoms with Gasteiger partial charge in [0.05, 0.1) is 6.04 Å². The molecule has 0 aliphatic carbocycles. The predicted molar refractivity (Wildman–Crippen MR) is 93.3 cm³/mol. The molecule has 0 fully saturated rings. The van der Waals surface area contributed by atoms with Crippen LogP contribution in [0.25, 0.3) is 0 Å². The van der Waals surface area contributed by atoms with Gasteiger partial charge in [-0.05, 0) is 12.8 Å². The Morgan fingerprint density at radius 2 is 2.26 bits per heavy atom. The molecule has 1 unspecified atom stereocenters. The summed E-state index contributed by atoms with van der Waals surface area (Å²) in [4.78, 5) is 21.0. The molecule has 23 heavy (non-hydrogen) atoms. The van der Waals surface area contributed by atoms with Crippen LogP contribution in [0.4, 0.5) is 0 Å². The summed E-state index contributed by atoms with van der Waals surface area (Å²) in [5.41, 5.74) is 5.95. The number of nitrogens with zero attached hydrogens (tertiary/aromatic N) is 4. The van der Waals surface area contributed by atoms with Crippen LogP contribution in [0.15, 0.2) is 5.38 Å². The van der Waals surface area contributed by atoms with E-state index in [1.165, 1.54) is 11.3 Å². The molecule has 0 saturated heterocycles. The van der Waals surface area contributed by atoms with E-state index in [1.807, 2.05) is 11.6 Å². The Balaban J connectivity index is 0.00000132. The Kier molecular flexibility index (Phi) is 7.40. The second kappa shape index (κ2) is 8.58. The van der Waals surface area contributed by atoms with Gasteiger partial charge in [-0.3, -0.25) is 4.79 Å². The fraction of sp³-hybridized carbons (Fsp3) is 0.538. The van der Waals surface area contributed by atoms with E-state index in [0.717, 1.165) is 42.5 Å². The Morgan fingerprint density at radius 3 is 2.91 bits per heavy atom. The first-order valence-corrected chi connectivity index (χ1v) is 7.98. The Bertz CT molecular complexity index is 659. The first kappa shape index (κ1) is 19.8. The predicted octanol–water partition coefficient (Wildman–Crippen LogP) is 1.86. The number of aromatic nitrogens is 4. The molecule has 7 nitrogen and oxygen atoms in total. The molecular formula is C13H20Cl2N6OS. The summed E-state index contributed by atoms with van der Waals surface area (Å²) in [6, 6.07) is -0.0953. The van der Waals surface area contributed by atoms with Gasteiger partial charge >= 0.3 is 0 Å². The van der Waals surface area contributed by atoms with E-state index in [1.54, 1.807) is 5.38 Å². The Morgan fingerprint density at radius 1 is 1.48 bits per heavy atom. The van der Waals surface area contributed by atoms with Crippen LogP contribution in [0.1, 0.15) is 53.0 Å². The standard InChI is InChI=1S/C13H18N6OS.2ClH/c1-2-10-17-12-8(4-3-5-19(12)18-10)16-13(20)9-7-21-11(6-14)15-9;;/h7-8H,2-6,14H2,1H3,(H,16,20);2*1H. The van der Waals surface area contributed by atoms with Gasteiger partial charge in [0, 0.05) is 24.9 Å². The number of fused-ring (bicyclic) bond motifs is 1. The van der Waals surface area contributed by atoms with E-state index >= 15 is 0 Å². The van der Waals surface area contributed by atoms with Crippen molar-refractivity contribution in [1.82, 2.24) is 25.1 Å². The molecule has 0 bridgehead atoms. The summed E-state index contributed by atoms with van der Waals surface area (Å²) in [5.74, 6) is 1.50. The van der Waals surface area contributed by atoms with Crippen LogP contribution < -0.4 is 11.1 Å². The highest BCUT2D eigenvalue weighted by Gasteiger charge is 2.26. The smallest absolute Gasteiger partial charge is 0.271 e. The van der Waals surface area contributed by atoms with Crippen LogP contribution >= 0.6 is 36.2 Å². The molecule has 2 aromatic heterocycles. The van der Waals surface area contributed by atoms with Gasteiger partial charge in [0.1, 0.15) is 16.5 Å². The Hall–Kier alpha value is -1.22. The minimum absolute atomic E-state index is 0. The minimum Gasteiger partial charge on any atom is -0.341 e. The number of nitrogens with one attached hydrogen (secondary N) is 1. The number of carbonyl (C=O) groups excluding carboxylic acids is 1. The van der Waals surface area contributed by atoms with Gasteiger partial charge in [-0.25, -0.2) is 14.6 Å². The highest BCUT2D eigenvalue weighted by Crippen LogP contribution is 2.23. The zero-order valence-electron chi connectivity index (χ0n) is 12.7. The second-order valence-corrected chi connectivity index (χ2v) is 5.90. The SMILES string of the molecule is CCc1nc2n(n1)CCCC2NC(=O)c1csc(CN)n1.Cl.Cl. The van der Waals surface area contributed by atoms with Gasteiger partial charge in [-0.2, -0.15) is 5.10 Å². The van der Waals surface area contributed by atoms with Crippen LogP contribution in [-0.4, -0.2) is 25.7 Å². The lowest BCUT2D eigenvalue weighted by Gasteiger charge is -2.22. The molecule has 10 heteroatoms. The number of carbonyl (C=O) groups is 1.